The first-order chi connectivity index (χ1) is 14.8. The number of hydrogen-bond acceptors (Lipinski definition) is 4. The number of rotatable bonds is 2. The van der Waals surface area contributed by atoms with E-state index >= 15 is 0 Å². The molecule has 4 heterocycles. The van der Waals surface area contributed by atoms with Gasteiger partial charge in [0.1, 0.15) is 5.69 Å². The van der Waals surface area contributed by atoms with Gasteiger partial charge in [-0.15, -0.1) is 0 Å². The van der Waals surface area contributed by atoms with Gasteiger partial charge in [0.2, 0.25) is 0 Å². The first-order valence-corrected chi connectivity index (χ1v) is 10.2. The number of fused-ring (bicyclic) bond motifs is 1. The third-order valence-corrected chi connectivity index (χ3v) is 5.46. The van der Waals surface area contributed by atoms with E-state index in [2.05, 4.69) is 38.1 Å². The molecule has 30 heavy (non-hydrogen) atoms. The van der Waals surface area contributed by atoms with Crippen LogP contribution in [0.3, 0.4) is 0 Å². The van der Waals surface area contributed by atoms with E-state index < -0.39 is 0 Å². The molecule has 1 aromatic carbocycles. The number of carbonyl (C=O) groups excluding carboxylic acids is 1. The summed E-state index contributed by atoms with van der Waals surface area (Å²) in [6.07, 6.45) is 2.57. The van der Waals surface area contributed by atoms with Gasteiger partial charge in [-0.2, -0.15) is 0 Å². The Kier molecular flexibility index (Phi) is 4.96. The Labute approximate surface area is 175 Å². The number of pyridine rings is 1. The first-order valence-electron chi connectivity index (χ1n) is 10.2. The number of ether oxygens (including phenoxy) is 1. The molecule has 5 rings (SSSR count). The van der Waals surface area contributed by atoms with Crippen LogP contribution in [0.2, 0.25) is 0 Å². The van der Waals surface area contributed by atoms with E-state index in [-0.39, 0.29) is 5.91 Å². The zero-order valence-electron chi connectivity index (χ0n) is 16.6. The van der Waals surface area contributed by atoms with E-state index in [1.807, 2.05) is 36.4 Å². The molecular formula is C24H22N4O2. The molecule has 1 fully saturated rings. The van der Waals surface area contributed by atoms with E-state index in [4.69, 9.17) is 4.74 Å². The minimum absolute atomic E-state index is 0.0208. The Balaban J connectivity index is 1.43. The second kappa shape index (κ2) is 8.05. The largest absolute Gasteiger partial charge is 0.378 e. The zero-order valence-corrected chi connectivity index (χ0v) is 16.6. The SMILES string of the molecule is O=C1NCCc2[nH]c(-c3ccnc(C#Cc4ccccc4N4CCOCC4)c3)cc21. The molecule has 2 aliphatic rings. The molecule has 0 aliphatic carbocycles. The van der Waals surface area contributed by atoms with E-state index in [1.165, 1.54) is 0 Å². The number of morpholine rings is 1. The van der Waals surface area contributed by atoms with E-state index in [9.17, 15) is 4.79 Å². The molecule has 0 unspecified atom stereocenters. The third-order valence-electron chi connectivity index (χ3n) is 5.46. The fraction of sp³-hybridized carbons (Fsp3) is 0.250. The third kappa shape index (κ3) is 3.68. The molecule has 3 aromatic rings. The van der Waals surface area contributed by atoms with Crippen LogP contribution in [0.5, 0.6) is 0 Å². The van der Waals surface area contributed by atoms with Gasteiger partial charge in [0.05, 0.1) is 24.5 Å². The smallest absolute Gasteiger partial charge is 0.253 e. The lowest BCUT2D eigenvalue weighted by atomic mass is 10.1. The van der Waals surface area contributed by atoms with Crippen LogP contribution < -0.4 is 10.2 Å². The van der Waals surface area contributed by atoms with Crippen LogP contribution in [-0.2, 0) is 11.2 Å². The van der Waals surface area contributed by atoms with Crippen molar-refractivity contribution < 1.29 is 9.53 Å². The predicted octanol–water partition coefficient (Wildman–Crippen LogP) is 2.60. The number of carbonyl (C=O) groups is 1. The molecule has 1 amide bonds. The number of amides is 1. The fourth-order valence-electron chi connectivity index (χ4n) is 3.91. The fourth-order valence-corrected chi connectivity index (χ4v) is 3.91. The van der Waals surface area contributed by atoms with Crippen LogP contribution in [0.15, 0.2) is 48.7 Å². The molecule has 2 aliphatic heterocycles. The van der Waals surface area contributed by atoms with Gasteiger partial charge in [0.15, 0.2) is 0 Å². The Bertz CT molecular complexity index is 1150. The van der Waals surface area contributed by atoms with E-state index in [1.54, 1.807) is 6.20 Å². The van der Waals surface area contributed by atoms with Gasteiger partial charge in [-0.3, -0.25) is 4.79 Å². The highest BCUT2D eigenvalue weighted by molar-refractivity contribution is 5.97. The quantitative estimate of drug-likeness (QED) is 0.651. The average molecular weight is 398 g/mol. The molecule has 0 bridgehead atoms. The molecular weight excluding hydrogens is 376 g/mol. The van der Waals surface area contributed by atoms with Gasteiger partial charge in [-0.25, -0.2) is 4.98 Å². The monoisotopic (exact) mass is 398 g/mol. The summed E-state index contributed by atoms with van der Waals surface area (Å²) < 4.78 is 5.47. The Morgan fingerprint density at radius 1 is 1.07 bits per heavy atom. The van der Waals surface area contributed by atoms with Crippen LogP contribution in [-0.4, -0.2) is 48.7 Å². The number of benzene rings is 1. The number of hydrogen-bond donors (Lipinski definition) is 2. The number of nitrogens with zero attached hydrogens (tertiary/aromatic N) is 2. The molecule has 1 saturated heterocycles. The van der Waals surface area contributed by atoms with Crippen LogP contribution in [0, 0.1) is 11.8 Å². The summed E-state index contributed by atoms with van der Waals surface area (Å²) in [5.74, 6) is 6.48. The van der Waals surface area contributed by atoms with Crippen molar-refractivity contribution in [2.75, 3.05) is 37.7 Å². The molecule has 0 spiro atoms. The number of para-hydroxylation sites is 1. The molecule has 0 atom stereocenters. The minimum Gasteiger partial charge on any atom is -0.378 e. The van der Waals surface area contributed by atoms with Crippen LogP contribution >= 0.6 is 0 Å². The maximum atomic E-state index is 12.0. The number of aromatic nitrogens is 2. The highest BCUT2D eigenvalue weighted by atomic mass is 16.5. The highest BCUT2D eigenvalue weighted by Crippen LogP contribution is 2.24. The van der Waals surface area contributed by atoms with E-state index in [0.717, 1.165) is 66.5 Å². The van der Waals surface area contributed by atoms with Crippen LogP contribution in [0.1, 0.15) is 27.3 Å². The summed E-state index contributed by atoms with van der Waals surface area (Å²) in [5, 5.41) is 2.88. The molecule has 6 nitrogen and oxygen atoms in total. The van der Waals surface area contributed by atoms with Crippen molar-refractivity contribution in [1.29, 1.82) is 0 Å². The van der Waals surface area contributed by atoms with Crippen molar-refractivity contribution in [3.63, 3.8) is 0 Å². The summed E-state index contributed by atoms with van der Waals surface area (Å²) in [5.41, 5.74) is 6.40. The van der Waals surface area contributed by atoms with Gasteiger partial charge >= 0.3 is 0 Å². The minimum atomic E-state index is -0.0208. The van der Waals surface area contributed by atoms with Crippen molar-refractivity contribution >= 4 is 11.6 Å². The predicted molar refractivity (Wildman–Crippen MR) is 116 cm³/mol. The maximum absolute atomic E-state index is 12.0. The number of anilines is 1. The van der Waals surface area contributed by atoms with Crippen molar-refractivity contribution in [3.8, 4) is 23.1 Å². The molecule has 0 radical (unpaired) electrons. The van der Waals surface area contributed by atoms with Gasteiger partial charge < -0.3 is 19.9 Å². The normalized spacial score (nSPS) is 15.7. The summed E-state index contributed by atoms with van der Waals surface area (Å²) in [7, 11) is 0. The van der Waals surface area contributed by atoms with Crippen molar-refractivity contribution in [2.45, 2.75) is 6.42 Å². The maximum Gasteiger partial charge on any atom is 0.253 e. The lowest BCUT2D eigenvalue weighted by Crippen LogP contribution is -2.36. The van der Waals surface area contributed by atoms with Gasteiger partial charge in [-0.05, 0) is 36.3 Å². The summed E-state index contributed by atoms with van der Waals surface area (Å²) in [6.45, 7) is 3.89. The number of H-pyrrole nitrogens is 1. The summed E-state index contributed by atoms with van der Waals surface area (Å²) in [6, 6.07) is 14.0. The topological polar surface area (TPSA) is 70.2 Å². The van der Waals surface area contributed by atoms with Gasteiger partial charge in [0, 0.05) is 54.8 Å². The first kappa shape index (κ1) is 18.5. The van der Waals surface area contributed by atoms with Crippen molar-refractivity contribution in [3.05, 3.63) is 71.2 Å². The number of aromatic amines is 1. The highest BCUT2D eigenvalue weighted by Gasteiger charge is 2.20. The summed E-state index contributed by atoms with van der Waals surface area (Å²) >= 11 is 0. The zero-order chi connectivity index (χ0) is 20.3. The molecule has 150 valence electrons. The Morgan fingerprint density at radius 3 is 2.80 bits per heavy atom. The van der Waals surface area contributed by atoms with E-state index in [0.29, 0.717) is 12.2 Å². The van der Waals surface area contributed by atoms with Gasteiger partial charge in [-0.1, -0.05) is 18.1 Å². The second-order valence-corrected chi connectivity index (χ2v) is 7.38. The molecule has 2 aromatic heterocycles. The standard InChI is InChI=1S/C24H22N4O2/c29-24-20-16-22(27-21(20)8-10-26-24)18-7-9-25-19(15-18)6-5-17-3-1-2-4-23(17)28-11-13-30-14-12-28/h1-4,7,9,15-16,27H,8,10-14H2,(H,26,29). The van der Waals surface area contributed by atoms with Crippen LogP contribution in [0.25, 0.3) is 11.3 Å². The second-order valence-electron chi connectivity index (χ2n) is 7.38. The lowest BCUT2D eigenvalue weighted by Gasteiger charge is -2.29. The Hall–Kier alpha value is -3.56. The molecule has 6 heteroatoms. The van der Waals surface area contributed by atoms with Crippen LogP contribution in [0.4, 0.5) is 5.69 Å². The lowest BCUT2D eigenvalue weighted by molar-refractivity contribution is 0.0946. The average Bonchev–Trinajstić information content (AvgIpc) is 3.25. The van der Waals surface area contributed by atoms with Crippen molar-refractivity contribution in [2.24, 2.45) is 0 Å². The van der Waals surface area contributed by atoms with Gasteiger partial charge in [0.25, 0.3) is 5.91 Å². The molecule has 2 N–H and O–H groups in total. The number of nitrogens with one attached hydrogen (secondary N) is 2. The Morgan fingerprint density at radius 2 is 1.93 bits per heavy atom. The van der Waals surface area contributed by atoms with Crippen molar-refractivity contribution in [1.82, 2.24) is 15.3 Å². The summed E-state index contributed by atoms with van der Waals surface area (Å²) in [4.78, 5) is 22.1. The molecule has 0 saturated carbocycles.